The van der Waals surface area contributed by atoms with E-state index in [1.165, 1.54) is 23.8 Å². The number of carbonyl (C=O) groups is 1. The Balaban J connectivity index is 1.75. The largest absolute Gasteiger partial charge is 0.493 e. The molecule has 9 heteroatoms. The number of anilines is 1. The number of methoxy groups -OCH3 is 1. The summed E-state index contributed by atoms with van der Waals surface area (Å²) < 4.78 is 10.9. The number of hydrogen-bond acceptors (Lipinski definition) is 5. The highest BCUT2D eigenvalue weighted by atomic mass is 35.5. The summed E-state index contributed by atoms with van der Waals surface area (Å²) in [6, 6.07) is 17.4. The first-order chi connectivity index (χ1) is 16.9. The topological polar surface area (TPSA) is 51.1 Å². The van der Waals surface area contributed by atoms with Gasteiger partial charge in [-0.2, -0.15) is 0 Å². The lowest BCUT2D eigenvalue weighted by molar-refractivity contribution is -0.113. The number of thioether (sulfide) groups is 1. The molecule has 3 aromatic carbocycles. The van der Waals surface area contributed by atoms with Gasteiger partial charge in [0, 0.05) is 10.0 Å². The number of carbonyl (C=O) groups excluding carboxylic acids is 1. The molecule has 1 amide bonds. The summed E-state index contributed by atoms with van der Waals surface area (Å²) in [6.07, 6.45) is 7.00. The lowest BCUT2D eigenvalue weighted by Crippen LogP contribution is -2.28. The van der Waals surface area contributed by atoms with Crippen molar-refractivity contribution in [2.24, 2.45) is 4.99 Å². The first-order valence-electron chi connectivity index (χ1n) is 10.2. The molecule has 3 aromatic rings. The second-order valence-electron chi connectivity index (χ2n) is 7.13. The Labute approximate surface area is 222 Å². The maximum Gasteiger partial charge on any atom is 0.271 e. The number of halogens is 3. The van der Waals surface area contributed by atoms with Crippen LogP contribution in [0, 0.1) is 12.3 Å². The number of ether oxygens (including phenoxy) is 2. The SMILES string of the molecule is C#CCOc1c(Cl)cc(/C=C2\SC(=Nc3ccc(Cl)cc3)N(c3ccc(Cl)cc3)C2=O)cc1OC. The third-order valence-corrected chi connectivity index (χ3v) is 6.55. The maximum absolute atomic E-state index is 13.5. The van der Waals surface area contributed by atoms with Crippen LogP contribution in [0.2, 0.25) is 15.1 Å². The van der Waals surface area contributed by atoms with Crippen molar-refractivity contribution < 1.29 is 14.3 Å². The van der Waals surface area contributed by atoms with Gasteiger partial charge in [-0.3, -0.25) is 9.69 Å². The van der Waals surface area contributed by atoms with Gasteiger partial charge in [-0.15, -0.1) is 6.42 Å². The third kappa shape index (κ3) is 5.77. The van der Waals surface area contributed by atoms with Gasteiger partial charge in [0.25, 0.3) is 5.91 Å². The first kappa shape index (κ1) is 25.0. The summed E-state index contributed by atoms with van der Waals surface area (Å²) in [6.45, 7) is 0.0471. The fourth-order valence-corrected chi connectivity index (χ4v) is 4.75. The zero-order chi connectivity index (χ0) is 24.9. The van der Waals surface area contributed by atoms with Crippen LogP contribution in [0.1, 0.15) is 5.56 Å². The van der Waals surface area contributed by atoms with Gasteiger partial charge < -0.3 is 9.47 Å². The minimum Gasteiger partial charge on any atom is -0.493 e. The summed E-state index contributed by atoms with van der Waals surface area (Å²) in [7, 11) is 1.50. The van der Waals surface area contributed by atoms with Crippen molar-refractivity contribution >= 4 is 75.1 Å². The highest BCUT2D eigenvalue weighted by molar-refractivity contribution is 8.19. The number of aliphatic imine (C=N–C) groups is 1. The van der Waals surface area contributed by atoms with Gasteiger partial charge in [0.05, 0.1) is 28.4 Å². The quantitative estimate of drug-likeness (QED) is 0.239. The average Bonchev–Trinajstić information content (AvgIpc) is 3.14. The van der Waals surface area contributed by atoms with Crippen LogP contribution in [-0.2, 0) is 4.79 Å². The van der Waals surface area contributed by atoms with E-state index in [4.69, 9.17) is 50.7 Å². The van der Waals surface area contributed by atoms with Gasteiger partial charge in [0.1, 0.15) is 6.61 Å². The van der Waals surface area contributed by atoms with E-state index in [1.54, 1.807) is 66.7 Å². The summed E-state index contributed by atoms with van der Waals surface area (Å²) in [5.41, 5.74) is 1.95. The molecule has 1 saturated heterocycles. The molecule has 1 fully saturated rings. The van der Waals surface area contributed by atoms with E-state index >= 15 is 0 Å². The molecule has 1 heterocycles. The highest BCUT2D eigenvalue weighted by Crippen LogP contribution is 2.40. The Morgan fingerprint density at radius 3 is 2.34 bits per heavy atom. The molecule has 0 aliphatic carbocycles. The van der Waals surface area contributed by atoms with Crippen molar-refractivity contribution in [1.82, 2.24) is 0 Å². The number of amidine groups is 1. The normalized spacial score (nSPS) is 15.5. The highest BCUT2D eigenvalue weighted by Gasteiger charge is 2.35. The van der Waals surface area contributed by atoms with Crippen molar-refractivity contribution in [2.45, 2.75) is 0 Å². The van der Waals surface area contributed by atoms with Crippen molar-refractivity contribution in [2.75, 3.05) is 18.6 Å². The van der Waals surface area contributed by atoms with Crippen LogP contribution in [0.15, 0.2) is 70.6 Å². The monoisotopic (exact) mass is 542 g/mol. The summed E-state index contributed by atoms with van der Waals surface area (Å²) in [5, 5.41) is 1.96. The van der Waals surface area contributed by atoms with E-state index in [1.807, 2.05) is 0 Å². The molecule has 4 rings (SSSR count). The standard InChI is InChI=1S/C26H17Cl3N2O3S/c1-3-12-34-24-21(29)13-16(14-22(24)33-2)15-23-25(32)31(20-10-6-18(28)7-11-20)26(35-23)30-19-8-4-17(27)5-9-19/h1,4-11,13-15H,12H2,2H3/b23-15-,30-26?. The third-order valence-electron chi connectivity index (χ3n) is 4.79. The van der Waals surface area contributed by atoms with Crippen LogP contribution >= 0.6 is 46.6 Å². The number of hydrogen-bond donors (Lipinski definition) is 0. The molecule has 176 valence electrons. The predicted octanol–water partition coefficient (Wildman–Crippen LogP) is 7.48. The summed E-state index contributed by atoms with van der Waals surface area (Å²) in [4.78, 5) is 20.2. The summed E-state index contributed by atoms with van der Waals surface area (Å²) in [5.74, 6) is 2.89. The molecule has 0 N–H and O–H groups in total. The number of benzene rings is 3. The molecule has 1 aliphatic heterocycles. The van der Waals surface area contributed by atoms with E-state index in [9.17, 15) is 4.79 Å². The minimum absolute atomic E-state index is 0.0471. The number of amides is 1. The maximum atomic E-state index is 13.5. The van der Waals surface area contributed by atoms with Crippen molar-refractivity contribution in [3.8, 4) is 23.8 Å². The van der Waals surface area contributed by atoms with Crippen LogP contribution in [0.4, 0.5) is 11.4 Å². The van der Waals surface area contributed by atoms with Crippen LogP contribution in [0.5, 0.6) is 11.5 Å². The van der Waals surface area contributed by atoms with Crippen LogP contribution in [0.3, 0.4) is 0 Å². The number of terminal acetylenes is 1. The molecule has 35 heavy (non-hydrogen) atoms. The van der Waals surface area contributed by atoms with E-state index in [0.29, 0.717) is 53.6 Å². The zero-order valence-corrected chi connectivity index (χ0v) is 21.4. The van der Waals surface area contributed by atoms with Crippen LogP contribution in [0.25, 0.3) is 6.08 Å². The molecule has 0 radical (unpaired) electrons. The Morgan fingerprint density at radius 1 is 1.06 bits per heavy atom. The van der Waals surface area contributed by atoms with Gasteiger partial charge in [0.2, 0.25) is 0 Å². The van der Waals surface area contributed by atoms with Crippen molar-refractivity contribution in [3.05, 3.63) is 86.2 Å². The lowest BCUT2D eigenvalue weighted by Gasteiger charge is -2.15. The Kier molecular flexibility index (Phi) is 7.94. The second-order valence-corrected chi connectivity index (χ2v) is 9.41. The lowest BCUT2D eigenvalue weighted by atomic mass is 10.1. The molecule has 0 atom stereocenters. The van der Waals surface area contributed by atoms with Gasteiger partial charge in [-0.1, -0.05) is 40.7 Å². The fraction of sp³-hybridized carbons (Fsp3) is 0.0769. The fourth-order valence-electron chi connectivity index (χ4n) is 3.22. The Hall–Kier alpha value is -3.08. The molecule has 1 aliphatic rings. The van der Waals surface area contributed by atoms with Gasteiger partial charge >= 0.3 is 0 Å². The molecule has 0 saturated carbocycles. The predicted molar refractivity (Wildman–Crippen MR) is 145 cm³/mol. The Bertz CT molecular complexity index is 1360. The van der Waals surface area contributed by atoms with Gasteiger partial charge in [0.15, 0.2) is 16.7 Å². The Morgan fingerprint density at radius 2 is 1.71 bits per heavy atom. The molecule has 0 spiro atoms. The molecule has 0 aromatic heterocycles. The van der Waals surface area contributed by atoms with Crippen molar-refractivity contribution in [1.29, 1.82) is 0 Å². The van der Waals surface area contributed by atoms with Crippen LogP contribution < -0.4 is 14.4 Å². The van der Waals surface area contributed by atoms with Crippen molar-refractivity contribution in [3.63, 3.8) is 0 Å². The van der Waals surface area contributed by atoms with E-state index in [0.717, 1.165) is 0 Å². The molecular weight excluding hydrogens is 527 g/mol. The molecule has 5 nitrogen and oxygen atoms in total. The molecule has 0 bridgehead atoms. The second kappa shape index (κ2) is 11.1. The minimum atomic E-state index is -0.243. The van der Waals surface area contributed by atoms with Gasteiger partial charge in [-0.05, 0) is 84.1 Å². The number of nitrogens with zero attached hydrogens (tertiary/aromatic N) is 2. The van der Waals surface area contributed by atoms with E-state index < -0.39 is 0 Å². The number of rotatable bonds is 6. The van der Waals surface area contributed by atoms with E-state index in [2.05, 4.69) is 10.9 Å². The van der Waals surface area contributed by atoms with Crippen LogP contribution in [-0.4, -0.2) is 24.8 Å². The first-order valence-corrected chi connectivity index (χ1v) is 12.1. The van der Waals surface area contributed by atoms with E-state index in [-0.39, 0.29) is 12.5 Å². The summed E-state index contributed by atoms with van der Waals surface area (Å²) >= 11 is 19.7. The molecular formula is C26H17Cl3N2O3S. The zero-order valence-electron chi connectivity index (χ0n) is 18.3. The molecule has 0 unspecified atom stereocenters. The van der Waals surface area contributed by atoms with Gasteiger partial charge in [-0.25, -0.2) is 4.99 Å². The average molecular weight is 544 g/mol. The smallest absolute Gasteiger partial charge is 0.271 e.